The summed E-state index contributed by atoms with van der Waals surface area (Å²) in [6.07, 6.45) is 9.82. The molecule has 2 saturated heterocycles. The van der Waals surface area contributed by atoms with E-state index in [1.165, 1.54) is 16.8 Å². The third-order valence-electron chi connectivity index (χ3n) is 9.65. The number of aryl methyl sites for hydroxylation is 1. The monoisotopic (exact) mass is 648 g/mol. The molecule has 3 fully saturated rings. The van der Waals surface area contributed by atoms with Gasteiger partial charge in [0.2, 0.25) is 11.4 Å². The molecule has 4 aromatic rings. The Morgan fingerprint density at radius 2 is 1.65 bits per heavy atom. The van der Waals surface area contributed by atoms with Gasteiger partial charge in [-0.05, 0) is 75.9 Å². The number of halogens is 1. The van der Waals surface area contributed by atoms with E-state index in [1.54, 1.807) is 10.8 Å². The normalized spacial score (nSPS) is 20.9. The summed E-state index contributed by atoms with van der Waals surface area (Å²) in [5.74, 6) is 1.30. The Morgan fingerprint density at radius 1 is 0.935 bits per heavy atom. The van der Waals surface area contributed by atoms with E-state index in [1.807, 2.05) is 23.3 Å². The number of thioether (sulfide) groups is 1. The summed E-state index contributed by atoms with van der Waals surface area (Å²) < 4.78 is 18.9. The molecule has 0 bridgehead atoms. The molecule has 3 aliphatic rings. The number of pyridine rings is 2. The highest BCUT2D eigenvalue weighted by Crippen LogP contribution is 2.30. The van der Waals surface area contributed by atoms with Gasteiger partial charge in [-0.1, -0.05) is 0 Å². The van der Waals surface area contributed by atoms with Crippen LogP contribution >= 0.6 is 11.8 Å². The average molecular weight is 649 g/mol. The maximum absolute atomic E-state index is 14.2. The number of carbonyl (C=O) groups excluding carboxylic acids is 1. The molecule has 1 N–H and O–H groups in total. The van der Waals surface area contributed by atoms with Crippen LogP contribution in [0.15, 0.2) is 39.0 Å². The molecule has 12 nitrogen and oxygen atoms in total. The molecule has 0 unspecified atom stereocenters. The maximum atomic E-state index is 14.2. The number of rotatable bonds is 6. The van der Waals surface area contributed by atoms with Crippen LogP contribution in [0.2, 0.25) is 0 Å². The van der Waals surface area contributed by atoms with Crippen molar-refractivity contribution < 1.29 is 9.18 Å². The Kier molecular flexibility index (Phi) is 8.38. The first kappa shape index (κ1) is 30.6. The van der Waals surface area contributed by atoms with Gasteiger partial charge < -0.3 is 14.8 Å². The van der Waals surface area contributed by atoms with E-state index in [9.17, 15) is 23.6 Å². The highest BCUT2D eigenvalue weighted by Gasteiger charge is 2.30. The van der Waals surface area contributed by atoms with Crippen LogP contribution in [0.5, 0.6) is 0 Å². The van der Waals surface area contributed by atoms with Crippen LogP contribution in [0.25, 0.3) is 22.1 Å². The largest absolute Gasteiger partial charge is 0.349 e. The van der Waals surface area contributed by atoms with Crippen LogP contribution in [0.1, 0.15) is 80.7 Å². The molecule has 6 heterocycles. The fourth-order valence-electron chi connectivity index (χ4n) is 7.18. The lowest BCUT2D eigenvalue weighted by Crippen LogP contribution is -2.46. The predicted molar refractivity (Wildman–Crippen MR) is 175 cm³/mol. The van der Waals surface area contributed by atoms with E-state index in [4.69, 9.17) is 0 Å². The topological polar surface area (TPSA) is 137 Å². The van der Waals surface area contributed by atoms with E-state index in [2.05, 4.69) is 25.2 Å². The number of amides is 1. The van der Waals surface area contributed by atoms with Gasteiger partial charge in [-0.25, -0.2) is 19.2 Å². The van der Waals surface area contributed by atoms with Crippen molar-refractivity contribution in [2.75, 3.05) is 29.5 Å². The van der Waals surface area contributed by atoms with Crippen LogP contribution in [-0.4, -0.2) is 65.2 Å². The summed E-state index contributed by atoms with van der Waals surface area (Å²) in [7, 11) is 0. The second kappa shape index (κ2) is 12.6. The summed E-state index contributed by atoms with van der Waals surface area (Å²) in [4.78, 5) is 69.8. The lowest BCUT2D eigenvalue weighted by Gasteiger charge is -2.31. The Bertz CT molecular complexity index is 1990. The molecule has 7 rings (SSSR count). The Labute approximate surface area is 268 Å². The Balaban J connectivity index is 1.12. The van der Waals surface area contributed by atoms with Crippen LogP contribution in [0.4, 0.5) is 10.3 Å². The summed E-state index contributed by atoms with van der Waals surface area (Å²) in [5, 5.41) is 3.42. The van der Waals surface area contributed by atoms with Crippen LogP contribution < -0.4 is 26.9 Å². The van der Waals surface area contributed by atoms with Crippen molar-refractivity contribution in [3.63, 3.8) is 0 Å². The minimum Gasteiger partial charge on any atom is -0.349 e. The molecule has 1 saturated carbocycles. The number of nitrogens with zero attached hydrogens (tertiary/aromatic N) is 7. The van der Waals surface area contributed by atoms with Crippen molar-refractivity contribution in [2.24, 2.45) is 0 Å². The van der Waals surface area contributed by atoms with Gasteiger partial charge in [0.25, 0.3) is 11.5 Å². The minimum absolute atomic E-state index is 0.0304. The smallest absolute Gasteiger partial charge is 0.333 e. The molecule has 46 heavy (non-hydrogen) atoms. The van der Waals surface area contributed by atoms with E-state index in [-0.39, 0.29) is 28.7 Å². The number of nitrogens with one attached hydrogen (secondary N) is 1. The Hall–Kier alpha value is -4.07. The lowest BCUT2D eigenvalue weighted by molar-refractivity contribution is 0.0920. The van der Waals surface area contributed by atoms with Crippen molar-refractivity contribution in [1.29, 1.82) is 0 Å². The Morgan fingerprint density at radius 3 is 2.37 bits per heavy atom. The molecule has 0 atom stereocenters. The zero-order valence-corrected chi connectivity index (χ0v) is 26.6. The quantitative estimate of drug-likeness (QED) is 0.334. The number of anilines is 1. The zero-order chi connectivity index (χ0) is 31.9. The molecular weight excluding hydrogens is 611 g/mol. The van der Waals surface area contributed by atoms with E-state index in [0.717, 1.165) is 56.5 Å². The van der Waals surface area contributed by atoms with Gasteiger partial charge in [-0.15, -0.1) is 0 Å². The molecule has 2 aliphatic heterocycles. The summed E-state index contributed by atoms with van der Waals surface area (Å²) in [6, 6.07) is 0.425. The highest BCUT2D eigenvalue weighted by molar-refractivity contribution is 7.99. The minimum atomic E-state index is -0.624. The summed E-state index contributed by atoms with van der Waals surface area (Å²) in [5.41, 5.74) is -0.585. The highest BCUT2D eigenvalue weighted by atomic mass is 32.2. The first-order chi connectivity index (χ1) is 22.3. The van der Waals surface area contributed by atoms with Crippen molar-refractivity contribution in [1.82, 2.24) is 34.0 Å². The SMILES string of the molecule is CCn1cc(C(=O)NC2CCC(n3c(=O)c4cc(F)cnc4n(C4CCSCC4)c3=O)CC2)c(=O)c2cnc(N3CCCC3)nc21. The zero-order valence-electron chi connectivity index (χ0n) is 25.8. The lowest BCUT2D eigenvalue weighted by atomic mass is 9.90. The van der Waals surface area contributed by atoms with Gasteiger partial charge in [0.15, 0.2) is 0 Å². The molecule has 1 amide bonds. The molecule has 4 aromatic heterocycles. The fraction of sp³-hybridized carbons (Fsp3) is 0.531. The molecule has 0 aromatic carbocycles. The molecule has 1 aliphatic carbocycles. The van der Waals surface area contributed by atoms with Crippen molar-refractivity contribution in [3.8, 4) is 0 Å². The molecular formula is C32H37FN8O4S. The van der Waals surface area contributed by atoms with E-state index >= 15 is 0 Å². The van der Waals surface area contributed by atoms with Crippen LogP contribution in [-0.2, 0) is 6.54 Å². The van der Waals surface area contributed by atoms with Gasteiger partial charge in [0.05, 0.1) is 17.0 Å². The van der Waals surface area contributed by atoms with Gasteiger partial charge in [0.1, 0.15) is 22.7 Å². The number of fused-ring (bicyclic) bond motifs is 2. The molecule has 242 valence electrons. The van der Waals surface area contributed by atoms with E-state index in [0.29, 0.717) is 49.2 Å². The van der Waals surface area contributed by atoms with Crippen LogP contribution in [0, 0.1) is 5.82 Å². The van der Waals surface area contributed by atoms with Gasteiger partial charge >= 0.3 is 5.69 Å². The fourth-order valence-corrected chi connectivity index (χ4v) is 8.26. The molecule has 14 heteroatoms. The van der Waals surface area contributed by atoms with Crippen molar-refractivity contribution in [2.45, 2.75) is 83.0 Å². The maximum Gasteiger partial charge on any atom is 0.333 e. The second-order valence-corrected chi connectivity index (χ2v) is 13.7. The summed E-state index contributed by atoms with van der Waals surface area (Å²) in [6.45, 7) is 4.22. The van der Waals surface area contributed by atoms with Gasteiger partial charge in [-0.2, -0.15) is 16.7 Å². The predicted octanol–water partition coefficient (Wildman–Crippen LogP) is 3.40. The third kappa shape index (κ3) is 5.50. The standard InChI is InChI=1S/C32H37FN8O4S/c1-2-38-18-25(26(42)24-17-35-31(37-28(24)38)39-11-3-4-12-39)29(43)36-20-5-7-21(8-6-20)41-30(44)23-15-19(33)16-34-27(23)40(32(41)45)22-9-13-46-14-10-22/h15-18,20-22H,2-14H2,1H3,(H,36,43). The number of hydrogen-bond acceptors (Lipinski definition) is 9. The van der Waals surface area contributed by atoms with Gasteiger partial charge in [0, 0.05) is 50.2 Å². The van der Waals surface area contributed by atoms with E-state index < -0.39 is 34.4 Å². The van der Waals surface area contributed by atoms with Crippen molar-refractivity contribution >= 4 is 45.7 Å². The molecule has 0 radical (unpaired) electrons. The first-order valence-electron chi connectivity index (χ1n) is 16.2. The average Bonchev–Trinajstić information content (AvgIpc) is 3.62. The number of carbonyl (C=O) groups is 1. The first-order valence-corrected chi connectivity index (χ1v) is 17.4. The number of hydrogen-bond donors (Lipinski definition) is 1. The van der Waals surface area contributed by atoms with Gasteiger partial charge in [-0.3, -0.25) is 23.5 Å². The third-order valence-corrected chi connectivity index (χ3v) is 10.7. The molecule has 0 spiro atoms. The number of aromatic nitrogens is 6. The van der Waals surface area contributed by atoms with Crippen LogP contribution in [0.3, 0.4) is 0 Å². The summed E-state index contributed by atoms with van der Waals surface area (Å²) >= 11 is 1.83. The second-order valence-electron chi connectivity index (χ2n) is 12.4. The van der Waals surface area contributed by atoms with Crippen molar-refractivity contribution in [3.05, 3.63) is 67.1 Å².